The van der Waals surface area contributed by atoms with Crippen LogP contribution >= 0.6 is 0 Å². The van der Waals surface area contributed by atoms with Crippen molar-refractivity contribution in [1.29, 1.82) is 0 Å². The third-order valence-corrected chi connectivity index (χ3v) is 5.14. The Kier molecular flexibility index (Phi) is 5.80. The molecule has 1 N–H and O–H groups in total. The van der Waals surface area contributed by atoms with Crippen LogP contribution in [0.3, 0.4) is 0 Å². The summed E-state index contributed by atoms with van der Waals surface area (Å²) in [6, 6.07) is 23.4. The lowest BCUT2D eigenvalue weighted by Gasteiger charge is -2.09. The van der Waals surface area contributed by atoms with Crippen molar-refractivity contribution in [3.8, 4) is 5.69 Å². The van der Waals surface area contributed by atoms with E-state index in [-0.39, 0.29) is 13.0 Å². The number of benzene rings is 3. The summed E-state index contributed by atoms with van der Waals surface area (Å²) in [6.07, 6.45) is 0.110. The lowest BCUT2D eigenvalue weighted by Crippen LogP contribution is -2.22. The zero-order chi connectivity index (χ0) is 21.8. The molecule has 0 saturated carbocycles. The lowest BCUT2D eigenvalue weighted by atomic mass is 10.0. The quantitative estimate of drug-likeness (QED) is 0.477. The molecule has 156 valence electrons. The van der Waals surface area contributed by atoms with E-state index >= 15 is 0 Å². The topological polar surface area (TPSA) is 73.2 Å². The van der Waals surface area contributed by atoms with E-state index in [0.29, 0.717) is 11.4 Å². The van der Waals surface area contributed by atoms with Gasteiger partial charge in [0.1, 0.15) is 0 Å². The maximum Gasteiger partial charge on any atom is 0.310 e. The van der Waals surface area contributed by atoms with E-state index in [2.05, 4.69) is 10.4 Å². The van der Waals surface area contributed by atoms with Crippen LogP contribution in [0, 0.1) is 13.8 Å². The number of esters is 1. The highest BCUT2D eigenvalue weighted by atomic mass is 16.5. The molecule has 31 heavy (non-hydrogen) atoms. The fraction of sp³-hybridized carbons (Fsp3) is 0.160. The smallest absolute Gasteiger partial charge is 0.310 e. The van der Waals surface area contributed by atoms with Gasteiger partial charge >= 0.3 is 5.97 Å². The Balaban J connectivity index is 1.38. The molecule has 4 rings (SSSR count). The second kappa shape index (κ2) is 8.83. The van der Waals surface area contributed by atoms with Crippen LogP contribution in [0.5, 0.6) is 0 Å². The Hall–Kier alpha value is -3.93. The van der Waals surface area contributed by atoms with E-state index in [9.17, 15) is 9.59 Å². The summed E-state index contributed by atoms with van der Waals surface area (Å²) in [4.78, 5) is 24.7. The van der Waals surface area contributed by atoms with Gasteiger partial charge in [-0.2, -0.15) is 5.10 Å². The van der Waals surface area contributed by atoms with Gasteiger partial charge in [-0.3, -0.25) is 9.59 Å². The molecule has 0 unspecified atom stereocenters. The molecule has 3 aromatic carbocycles. The average molecular weight is 413 g/mol. The first-order chi connectivity index (χ1) is 15.0. The number of carbonyl (C=O) groups is 2. The first-order valence-corrected chi connectivity index (χ1v) is 10.1. The molecule has 6 nitrogen and oxygen atoms in total. The fourth-order valence-electron chi connectivity index (χ4n) is 3.62. The summed E-state index contributed by atoms with van der Waals surface area (Å²) in [5, 5.41) is 9.39. The Morgan fingerprint density at radius 1 is 0.935 bits per heavy atom. The summed E-state index contributed by atoms with van der Waals surface area (Å²) in [5.41, 5.74) is 3.90. The average Bonchev–Trinajstić information content (AvgIpc) is 3.07. The number of para-hydroxylation sites is 1. The highest BCUT2D eigenvalue weighted by molar-refractivity contribution is 5.94. The molecule has 0 aliphatic rings. The van der Waals surface area contributed by atoms with Gasteiger partial charge in [0, 0.05) is 0 Å². The van der Waals surface area contributed by atoms with E-state index in [1.165, 1.54) is 0 Å². The standard InChI is InChI=1S/C25H23N3O3/c1-17-25(18(2)28(27-17)21-12-4-3-5-13-21)26-23(29)16-31-24(30)15-20-11-8-10-19-9-6-7-14-22(19)20/h3-14H,15-16H2,1-2H3,(H,26,29). The summed E-state index contributed by atoms with van der Waals surface area (Å²) >= 11 is 0. The van der Waals surface area contributed by atoms with Crippen LogP contribution < -0.4 is 5.32 Å². The van der Waals surface area contributed by atoms with Gasteiger partial charge in [-0.05, 0) is 42.3 Å². The number of aromatic nitrogens is 2. The van der Waals surface area contributed by atoms with E-state index in [1.807, 2.05) is 86.6 Å². The van der Waals surface area contributed by atoms with Crippen LogP contribution in [-0.4, -0.2) is 28.3 Å². The molecule has 0 saturated heterocycles. The maximum atomic E-state index is 12.4. The van der Waals surface area contributed by atoms with Crippen molar-refractivity contribution in [2.45, 2.75) is 20.3 Å². The van der Waals surface area contributed by atoms with Crippen molar-refractivity contribution >= 4 is 28.3 Å². The SMILES string of the molecule is Cc1nn(-c2ccccc2)c(C)c1NC(=O)COC(=O)Cc1cccc2ccccc12. The largest absolute Gasteiger partial charge is 0.455 e. The number of amides is 1. The Morgan fingerprint density at radius 3 is 2.45 bits per heavy atom. The molecule has 0 radical (unpaired) electrons. The van der Waals surface area contributed by atoms with Crippen LogP contribution in [-0.2, 0) is 20.7 Å². The molecular formula is C25H23N3O3. The second-order valence-corrected chi connectivity index (χ2v) is 7.32. The molecule has 4 aromatic rings. The molecule has 6 heteroatoms. The van der Waals surface area contributed by atoms with E-state index in [0.717, 1.165) is 27.7 Å². The summed E-state index contributed by atoms with van der Waals surface area (Å²) in [5.74, 6) is -0.843. The number of nitrogens with zero attached hydrogens (tertiary/aromatic N) is 2. The number of aryl methyl sites for hydroxylation is 1. The third kappa shape index (κ3) is 4.48. The van der Waals surface area contributed by atoms with Gasteiger partial charge in [0.05, 0.1) is 29.2 Å². The van der Waals surface area contributed by atoms with Crippen molar-refractivity contribution in [2.24, 2.45) is 0 Å². The van der Waals surface area contributed by atoms with Crippen molar-refractivity contribution in [3.05, 3.63) is 89.7 Å². The van der Waals surface area contributed by atoms with Gasteiger partial charge < -0.3 is 10.1 Å². The minimum absolute atomic E-state index is 0.110. The van der Waals surface area contributed by atoms with Crippen molar-refractivity contribution in [2.75, 3.05) is 11.9 Å². The number of hydrogen-bond acceptors (Lipinski definition) is 4. The molecule has 0 spiro atoms. The zero-order valence-corrected chi connectivity index (χ0v) is 17.5. The van der Waals surface area contributed by atoms with Crippen LogP contribution in [0.1, 0.15) is 17.0 Å². The predicted molar refractivity (Wildman–Crippen MR) is 120 cm³/mol. The fourth-order valence-corrected chi connectivity index (χ4v) is 3.62. The van der Waals surface area contributed by atoms with E-state index in [4.69, 9.17) is 4.74 Å². The van der Waals surface area contributed by atoms with Gasteiger partial charge in [0.25, 0.3) is 5.91 Å². The number of rotatable bonds is 6. The first-order valence-electron chi connectivity index (χ1n) is 10.1. The summed E-state index contributed by atoms with van der Waals surface area (Å²) in [7, 11) is 0. The monoisotopic (exact) mass is 413 g/mol. The number of carbonyl (C=O) groups excluding carboxylic acids is 2. The summed E-state index contributed by atoms with van der Waals surface area (Å²) < 4.78 is 7.00. The zero-order valence-electron chi connectivity index (χ0n) is 17.5. The minimum atomic E-state index is -0.445. The molecular weight excluding hydrogens is 390 g/mol. The third-order valence-electron chi connectivity index (χ3n) is 5.14. The highest BCUT2D eigenvalue weighted by Gasteiger charge is 2.16. The van der Waals surface area contributed by atoms with Crippen LogP contribution in [0.25, 0.3) is 16.5 Å². The van der Waals surface area contributed by atoms with Crippen molar-refractivity contribution in [1.82, 2.24) is 9.78 Å². The second-order valence-electron chi connectivity index (χ2n) is 7.32. The molecule has 0 aliphatic carbocycles. The highest BCUT2D eigenvalue weighted by Crippen LogP contribution is 2.23. The number of anilines is 1. The van der Waals surface area contributed by atoms with Crippen molar-refractivity contribution in [3.63, 3.8) is 0 Å². The Bertz CT molecular complexity index is 1240. The lowest BCUT2D eigenvalue weighted by molar-refractivity contribution is -0.146. The van der Waals surface area contributed by atoms with Gasteiger partial charge in [-0.1, -0.05) is 60.7 Å². The molecule has 0 aliphatic heterocycles. The van der Waals surface area contributed by atoms with Crippen molar-refractivity contribution < 1.29 is 14.3 Å². The van der Waals surface area contributed by atoms with Gasteiger partial charge in [0.2, 0.25) is 0 Å². The first kappa shape index (κ1) is 20.3. The van der Waals surface area contributed by atoms with Crippen LogP contribution in [0.15, 0.2) is 72.8 Å². The predicted octanol–water partition coefficient (Wildman–Crippen LogP) is 4.37. The molecule has 0 bridgehead atoms. The van der Waals surface area contributed by atoms with Gasteiger partial charge in [-0.15, -0.1) is 0 Å². The Labute approximate surface area is 180 Å². The number of fused-ring (bicyclic) bond motifs is 1. The number of hydrogen-bond donors (Lipinski definition) is 1. The number of nitrogens with one attached hydrogen (secondary N) is 1. The van der Waals surface area contributed by atoms with Gasteiger partial charge in [0.15, 0.2) is 6.61 Å². The molecule has 1 aromatic heterocycles. The number of ether oxygens (including phenoxy) is 1. The minimum Gasteiger partial charge on any atom is -0.455 e. The van der Waals surface area contributed by atoms with E-state index in [1.54, 1.807) is 4.68 Å². The summed E-state index contributed by atoms with van der Waals surface area (Å²) in [6.45, 7) is 3.36. The molecule has 0 fully saturated rings. The van der Waals surface area contributed by atoms with E-state index < -0.39 is 11.9 Å². The molecule has 1 heterocycles. The normalized spacial score (nSPS) is 10.8. The molecule has 1 amide bonds. The van der Waals surface area contributed by atoms with Gasteiger partial charge in [-0.25, -0.2) is 4.68 Å². The Morgan fingerprint density at radius 2 is 1.65 bits per heavy atom. The maximum absolute atomic E-state index is 12.4. The van der Waals surface area contributed by atoms with Crippen LogP contribution in [0.4, 0.5) is 5.69 Å². The molecule has 0 atom stereocenters. The van der Waals surface area contributed by atoms with Crippen LogP contribution in [0.2, 0.25) is 0 Å².